The summed E-state index contributed by atoms with van der Waals surface area (Å²) in [6.07, 6.45) is 5.93. The normalized spacial score (nSPS) is 19.3. The van der Waals surface area contributed by atoms with E-state index in [4.69, 9.17) is 10.9 Å². The van der Waals surface area contributed by atoms with E-state index in [1.54, 1.807) is 0 Å². The smallest absolute Gasteiger partial charge is 0.142 e. The Balaban J connectivity index is 1.83. The molecule has 0 aliphatic carbocycles. The minimum Gasteiger partial charge on any atom is -0.409 e. The summed E-state index contributed by atoms with van der Waals surface area (Å²) < 4.78 is 1.94. The molecular weight excluding hydrogens is 230 g/mol. The molecule has 1 aliphatic heterocycles. The molecule has 1 aromatic rings. The van der Waals surface area contributed by atoms with Crippen LogP contribution in [0.5, 0.6) is 0 Å². The van der Waals surface area contributed by atoms with E-state index in [0.717, 1.165) is 39.0 Å². The topological polar surface area (TPSA) is 79.7 Å². The fourth-order valence-corrected chi connectivity index (χ4v) is 2.39. The molecule has 2 heterocycles. The Morgan fingerprint density at radius 3 is 2.83 bits per heavy atom. The van der Waals surface area contributed by atoms with Gasteiger partial charge in [-0.05, 0) is 32.9 Å². The van der Waals surface area contributed by atoms with Gasteiger partial charge in [0, 0.05) is 30.8 Å². The first kappa shape index (κ1) is 12.9. The van der Waals surface area contributed by atoms with Crippen molar-refractivity contribution in [3.05, 3.63) is 18.0 Å². The van der Waals surface area contributed by atoms with Crippen molar-refractivity contribution in [1.82, 2.24) is 14.7 Å². The van der Waals surface area contributed by atoms with Gasteiger partial charge >= 0.3 is 0 Å². The summed E-state index contributed by atoms with van der Waals surface area (Å²) in [6, 6.07) is 0. The lowest BCUT2D eigenvalue weighted by Gasteiger charge is -2.30. The Bertz CT molecular complexity index is 406. The zero-order valence-electron chi connectivity index (χ0n) is 10.8. The SMILES string of the molecule is CCn1cc(CN2CCC(C(N)=NO)CC2)cn1. The van der Waals surface area contributed by atoms with Gasteiger partial charge in [0.15, 0.2) is 0 Å². The summed E-state index contributed by atoms with van der Waals surface area (Å²) in [6.45, 7) is 5.89. The zero-order chi connectivity index (χ0) is 13.0. The molecule has 0 spiro atoms. The molecule has 3 N–H and O–H groups in total. The predicted molar refractivity (Wildman–Crippen MR) is 69.3 cm³/mol. The highest BCUT2D eigenvalue weighted by atomic mass is 16.4. The highest BCUT2D eigenvalue weighted by molar-refractivity contribution is 5.82. The lowest BCUT2D eigenvalue weighted by atomic mass is 9.96. The van der Waals surface area contributed by atoms with Crippen LogP contribution in [0.4, 0.5) is 0 Å². The Labute approximate surface area is 107 Å². The summed E-state index contributed by atoms with van der Waals surface area (Å²) >= 11 is 0. The van der Waals surface area contributed by atoms with Crippen LogP contribution in [0.15, 0.2) is 17.5 Å². The predicted octanol–water partition coefficient (Wildman–Crippen LogP) is 0.861. The molecule has 0 unspecified atom stereocenters. The van der Waals surface area contributed by atoms with Crippen LogP contribution in [0.25, 0.3) is 0 Å². The first-order valence-corrected chi connectivity index (χ1v) is 6.44. The largest absolute Gasteiger partial charge is 0.409 e. The van der Waals surface area contributed by atoms with Crippen LogP contribution in [0.2, 0.25) is 0 Å². The second-order valence-electron chi connectivity index (χ2n) is 4.78. The van der Waals surface area contributed by atoms with Crippen molar-refractivity contribution in [3.8, 4) is 0 Å². The Hall–Kier alpha value is -1.56. The second-order valence-corrected chi connectivity index (χ2v) is 4.78. The number of aryl methyl sites for hydroxylation is 1. The molecule has 6 heteroatoms. The van der Waals surface area contributed by atoms with Crippen LogP contribution in [-0.4, -0.2) is 38.8 Å². The lowest BCUT2D eigenvalue weighted by Crippen LogP contribution is -2.38. The second kappa shape index (κ2) is 5.86. The van der Waals surface area contributed by atoms with Gasteiger partial charge < -0.3 is 10.9 Å². The molecule has 1 aromatic heterocycles. The summed E-state index contributed by atoms with van der Waals surface area (Å²) in [5.74, 6) is 0.595. The average Bonchev–Trinajstić information content (AvgIpc) is 2.86. The molecule has 0 bridgehead atoms. The Morgan fingerprint density at radius 2 is 2.28 bits per heavy atom. The van der Waals surface area contributed by atoms with Gasteiger partial charge in [-0.2, -0.15) is 5.10 Å². The van der Waals surface area contributed by atoms with Gasteiger partial charge in [-0.1, -0.05) is 5.16 Å². The molecule has 18 heavy (non-hydrogen) atoms. The molecule has 0 amide bonds. The maximum atomic E-state index is 8.66. The minimum absolute atomic E-state index is 0.226. The van der Waals surface area contributed by atoms with Crippen LogP contribution in [0.1, 0.15) is 25.3 Å². The van der Waals surface area contributed by atoms with Crippen LogP contribution < -0.4 is 5.73 Å². The molecule has 2 rings (SSSR count). The van der Waals surface area contributed by atoms with Crippen molar-refractivity contribution in [3.63, 3.8) is 0 Å². The Kier molecular flexibility index (Phi) is 4.19. The lowest BCUT2D eigenvalue weighted by molar-refractivity contribution is 0.198. The third kappa shape index (κ3) is 3.01. The standard InChI is InChI=1S/C12H21N5O/c1-2-17-9-10(7-14-17)8-16-5-3-11(4-6-16)12(13)15-18/h7,9,11,18H,2-6,8H2,1H3,(H2,13,15). The quantitative estimate of drug-likeness (QED) is 0.360. The van der Waals surface area contributed by atoms with E-state index in [9.17, 15) is 0 Å². The van der Waals surface area contributed by atoms with E-state index in [-0.39, 0.29) is 5.92 Å². The molecule has 100 valence electrons. The molecule has 1 saturated heterocycles. The third-order valence-electron chi connectivity index (χ3n) is 3.54. The third-order valence-corrected chi connectivity index (χ3v) is 3.54. The van der Waals surface area contributed by atoms with Crippen LogP contribution in [0.3, 0.4) is 0 Å². The van der Waals surface area contributed by atoms with Crippen LogP contribution in [-0.2, 0) is 13.1 Å². The van der Waals surface area contributed by atoms with Gasteiger partial charge in [-0.15, -0.1) is 0 Å². The van der Waals surface area contributed by atoms with Crippen molar-refractivity contribution < 1.29 is 5.21 Å². The van der Waals surface area contributed by atoms with E-state index < -0.39 is 0 Å². The molecular formula is C12H21N5O. The number of nitrogens with zero attached hydrogens (tertiary/aromatic N) is 4. The van der Waals surface area contributed by atoms with Crippen molar-refractivity contribution >= 4 is 5.84 Å². The zero-order valence-corrected chi connectivity index (χ0v) is 10.8. The van der Waals surface area contributed by atoms with Crippen molar-refractivity contribution in [2.24, 2.45) is 16.8 Å². The number of oxime groups is 1. The summed E-state index contributed by atoms with van der Waals surface area (Å²) in [5, 5.41) is 16.0. The maximum absolute atomic E-state index is 8.66. The van der Waals surface area contributed by atoms with Gasteiger partial charge in [0.2, 0.25) is 0 Å². The van der Waals surface area contributed by atoms with Gasteiger partial charge in [-0.3, -0.25) is 9.58 Å². The number of nitrogens with two attached hydrogens (primary N) is 1. The van der Waals surface area contributed by atoms with Gasteiger partial charge in [0.25, 0.3) is 0 Å². The first-order valence-electron chi connectivity index (χ1n) is 6.44. The van der Waals surface area contributed by atoms with Crippen molar-refractivity contribution in [1.29, 1.82) is 0 Å². The highest BCUT2D eigenvalue weighted by Crippen LogP contribution is 2.18. The van der Waals surface area contributed by atoms with E-state index in [2.05, 4.69) is 28.3 Å². The molecule has 6 nitrogen and oxygen atoms in total. The van der Waals surface area contributed by atoms with Crippen LogP contribution in [0, 0.1) is 5.92 Å². The summed E-state index contributed by atoms with van der Waals surface area (Å²) in [4.78, 5) is 2.39. The van der Waals surface area contributed by atoms with Crippen molar-refractivity contribution in [2.45, 2.75) is 32.9 Å². The fourth-order valence-electron chi connectivity index (χ4n) is 2.39. The number of hydrogen-bond donors (Lipinski definition) is 2. The number of rotatable bonds is 4. The molecule has 1 fully saturated rings. The van der Waals surface area contributed by atoms with Gasteiger partial charge in [-0.25, -0.2) is 0 Å². The minimum atomic E-state index is 0.226. The van der Waals surface area contributed by atoms with E-state index in [0.29, 0.717) is 5.84 Å². The van der Waals surface area contributed by atoms with E-state index >= 15 is 0 Å². The van der Waals surface area contributed by atoms with Crippen molar-refractivity contribution in [2.75, 3.05) is 13.1 Å². The van der Waals surface area contributed by atoms with E-state index in [1.807, 2.05) is 10.9 Å². The maximum Gasteiger partial charge on any atom is 0.142 e. The molecule has 0 aromatic carbocycles. The summed E-state index contributed by atoms with van der Waals surface area (Å²) in [5.41, 5.74) is 6.88. The van der Waals surface area contributed by atoms with Gasteiger partial charge in [0.1, 0.15) is 5.84 Å². The van der Waals surface area contributed by atoms with Crippen LogP contribution >= 0.6 is 0 Å². The Morgan fingerprint density at radius 1 is 1.56 bits per heavy atom. The van der Waals surface area contributed by atoms with Gasteiger partial charge in [0.05, 0.1) is 6.20 Å². The van der Waals surface area contributed by atoms with E-state index in [1.165, 1.54) is 5.56 Å². The molecule has 0 atom stereocenters. The number of hydrogen-bond acceptors (Lipinski definition) is 4. The average molecular weight is 251 g/mol. The number of likely N-dealkylation sites (tertiary alicyclic amines) is 1. The highest BCUT2D eigenvalue weighted by Gasteiger charge is 2.22. The summed E-state index contributed by atoms with van der Waals surface area (Å²) in [7, 11) is 0. The molecule has 1 aliphatic rings. The number of aromatic nitrogens is 2. The first-order chi connectivity index (χ1) is 8.72. The fraction of sp³-hybridized carbons (Fsp3) is 0.667. The number of piperidine rings is 1. The molecule has 0 saturated carbocycles. The monoisotopic (exact) mass is 251 g/mol. The molecule has 0 radical (unpaired) electrons. The number of amidine groups is 1.